The first kappa shape index (κ1) is 18.7. The minimum atomic E-state index is 0.207. The van der Waals surface area contributed by atoms with Gasteiger partial charge in [0.1, 0.15) is 11.3 Å². The summed E-state index contributed by atoms with van der Waals surface area (Å²) in [5.41, 5.74) is 0.207. The molecule has 3 aliphatic heterocycles. The molecule has 0 aromatic heterocycles. The Morgan fingerprint density at radius 2 is 1.85 bits per heavy atom. The highest BCUT2D eigenvalue weighted by Crippen LogP contribution is 2.29. The Morgan fingerprint density at radius 1 is 1.12 bits per heavy atom. The van der Waals surface area contributed by atoms with Crippen LogP contribution in [0.15, 0.2) is 0 Å². The van der Waals surface area contributed by atoms with Gasteiger partial charge in [0.25, 0.3) is 0 Å². The van der Waals surface area contributed by atoms with Crippen LogP contribution in [0.25, 0.3) is 0 Å². The maximum atomic E-state index is 12.3. The quantitative estimate of drug-likeness (QED) is 0.785. The molecular formula is C19H32N4O2S. The molecule has 1 aliphatic carbocycles. The Labute approximate surface area is 161 Å². The van der Waals surface area contributed by atoms with Crippen molar-refractivity contribution in [2.75, 3.05) is 45.0 Å². The van der Waals surface area contributed by atoms with Gasteiger partial charge < -0.3 is 4.90 Å². The SMILES string of the molecule is CC(=O)C1CCC(N2CCN(CC3CC(=O)N4CCSC4N3)CC2)CC1. The third-order valence-electron chi connectivity index (χ3n) is 6.68. The van der Waals surface area contributed by atoms with E-state index in [4.69, 9.17) is 0 Å². The Bertz CT molecular complexity index is 530. The average Bonchev–Trinajstić information content (AvgIpc) is 3.12. The van der Waals surface area contributed by atoms with Gasteiger partial charge in [-0.15, -0.1) is 11.8 Å². The summed E-state index contributed by atoms with van der Waals surface area (Å²) in [7, 11) is 0. The number of hydrogen-bond acceptors (Lipinski definition) is 6. The molecular weight excluding hydrogens is 348 g/mol. The van der Waals surface area contributed by atoms with Gasteiger partial charge in [0.05, 0.1) is 0 Å². The fourth-order valence-corrected chi connectivity index (χ4v) is 6.26. The van der Waals surface area contributed by atoms with Crippen molar-refractivity contribution >= 4 is 23.5 Å². The number of nitrogens with one attached hydrogen (secondary N) is 1. The summed E-state index contributed by atoms with van der Waals surface area (Å²) < 4.78 is 0. The van der Waals surface area contributed by atoms with E-state index in [-0.39, 0.29) is 5.50 Å². The van der Waals surface area contributed by atoms with E-state index in [2.05, 4.69) is 15.1 Å². The smallest absolute Gasteiger partial charge is 0.226 e. The summed E-state index contributed by atoms with van der Waals surface area (Å²) in [5, 5.41) is 3.66. The number of carbonyl (C=O) groups excluding carboxylic acids is 2. The predicted molar refractivity (Wildman–Crippen MR) is 104 cm³/mol. The van der Waals surface area contributed by atoms with Crippen molar-refractivity contribution in [3.8, 4) is 0 Å². The molecule has 1 amide bonds. The monoisotopic (exact) mass is 380 g/mol. The lowest BCUT2D eigenvalue weighted by atomic mass is 9.83. The summed E-state index contributed by atoms with van der Waals surface area (Å²) in [5.74, 6) is 2.07. The van der Waals surface area contributed by atoms with Crippen molar-refractivity contribution < 1.29 is 9.59 Å². The maximum absolute atomic E-state index is 12.3. The fourth-order valence-electron chi connectivity index (χ4n) is 5.04. The largest absolute Gasteiger partial charge is 0.317 e. The van der Waals surface area contributed by atoms with Gasteiger partial charge in [0, 0.05) is 69.4 Å². The molecule has 1 saturated carbocycles. The number of thioether (sulfide) groups is 1. The predicted octanol–water partition coefficient (Wildman–Crippen LogP) is 0.973. The zero-order chi connectivity index (χ0) is 18.1. The van der Waals surface area contributed by atoms with Crippen molar-refractivity contribution in [1.29, 1.82) is 0 Å². The van der Waals surface area contributed by atoms with Gasteiger partial charge in [0.15, 0.2) is 0 Å². The summed E-state index contributed by atoms with van der Waals surface area (Å²) in [6.45, 7) is 8.08. The van der Waals surface area contributed by atoms with Crippen LogP contribution in [0, 0.1) is 5.92 Å². The van der Waals surface area contributed by atoms with Crippen LogP contribution >= 0.6 is 11.8 Å². The van der Waals surface area contributed by atoms with E-state index in [9.17, 15) is 9.59 Å². The van der Waals surface area contributed by atoms with Crippen LogP contribution in [0.4, 0.5) is 0 Å². The second kappa shape index (κ2) is 8.17. The maximum Gasteiger partial charge on any atom is 0.226 e. The zero-order valence-corrected chi connectivity index (χ0v) is 16.7. The number of amides is 1. The third-order valence-corrected chi connectivity index (χ3v) is 7.81. The number of fused-ring (bicyclic) bond motifs is 1. The highest BCUT2D eigenvalue weighted by atomic mass is 32.2. The second-order valence-corrected chi connectivity index (χ2v) is 9.52. The Hall–Kier alpha value is -0.630. The highest BCUT2D eigenvalue weighted by molar-refractivity contribution is 8.00. The van der Waals surface area contributed by atoms with Crippen LogP contribution in [0.1, 0.15) is 39.0 Å². The molecule has 3 heterocycles. The molecule has 4 rings (SSSR count). The lowest BCUT2D eigenvalue weighted by Crippen LogP contribution is -2.59. The van der Waals surface area contributed by atoms with Gasteiger partial charge in [-0.1, -0.05) is 0 Å². The molecule has 2 atom stereocenters. The Kier molecular flexibility index (Phi) is 5.88. The van der Waals surface area contributed by atoms with E-state index in [1.165, 1.54) is 12.8 Å². The van der Waals surface area contributed by atoms with Gasteiger partial charge in [-0.05, 0) is 32.6 Å². The van der Waals surface area contributed by atoms with Crippen LogP contribution in [0.2, 0.25) is 0 Å². The van der Waals surface area contributed by atoms with Crippen LogP contribution in [-0.4, -0.2) is 89.0 Å². The number of rotatable bonds is 4. The van der Waals surface area contributed by atoms with E-state index in [0.29, 0.717) is 36.1 Å². The molecule has 1 N–H and O–H groups in total. The number of hydrogen-bond donors (Lipinski definition) is 1. The summed E-state index contributed by atoms with van der Waals surface area (Å²) >= 11 is 1.86. The Morgan fingerprint density at radius 3 is 2.54 bits per heavy atom. The van der Waals surface area contributed by atoms with Crippen molar-refractivity contribution in [1.82, 2.24) is 20.0 Å². The van der Waals surface area contributed by atoms with Crippen LogP contribution in [0.5, 0.6) is 0 Å². The molecule has 4 fully saturated rings. The zero-order valence-electron chi connectivity index (χ0n) is 15.9. The molecule has 2 unspecified atom stereocenters. The third kappa shape index (κ3) is 4.11. The summed E-state index contributed by atoms with van der Waals surface area (Å²) in [6.07, 6.45) is 5.15. The molecule has 7 heteroatoms. The van der Waals surface area contributed by atoms with E-state index < -0.39 is 0 Å². The summed E-state index contributed by atoms with van der Waals surface area (Å²) in [6, 6.07) is 0.970. The minimum absolute atomic E-state index is 0.207. The number of piperazine rings is 1. The van der Waals surface area contributed by atoms with E-state index in [1.54, 1.807) is 6.92 Å². The molecule has 0 radical (unpaired) electrons. The number of carbonyl (C=O) groups is 2. The lowest BCUT2D eigenvalue weighted by Gasteiger charge is -2.43. The summed E-state index contributed by atoms with van der Waals surface area (Å²) in [4.78, 5) is 31.0. The van der Waals surface area contributed by atoms with Crippen molar-refractivity contribution in [3.63, 3.8) is 0 Å². The van der Waals surface area contributed by atoms with E-state index in [0.717, 1.165) is 57.9 Å². The van der Waals surface area contributed by atoms with Gasteiger partial charge >= 0.3 is 0 Å². The first-order valence-corrected chi connectivity index (χ1v) is 11.3. The molecule has 0 spiro atoms. The molecule has 6 nitrogen and oxygen atoms in total. The molecule has 0 aromatic carbocycles. The first-order chi connectivity index (χ1) is 12.6. The average molecular weight is 381 g/mol. The lowest BCUT2D eigenvalue weighted by molar-refractivity contribution is -0.135. The van der Waals surface area contributed by atoms with Gasteiger partial charge in [-0.25, -0.2) is 0 Å². The molecule has 26 heavy (non-hydrogen) atoms. The minimum Gasteiger partial charge on any atom is -0.317 e. The van der Waals surface area contributed by atoms with Crippen LogP contribution in [-0.2, 0) is 9.59 Å². The van der Waals surface area contributed by atoms with E-state index >= 15 is 0 Å². The molecule has 146 valence electrons. The number of ketones is 1. The second-order valence-electron chi connectivity index (χ2n) is 8.33. The first-order valence-electron chi connectivity index (χ1n) is 10.2. The topological polar surface area (TPSA) is 55.9 Å². The van der Waals surface area contributed by atoms with Crippen LogP contribution in [0.3, 0.4) is 0 Å². The van der Waals surface area contributed by atoms with Crippen LogP contribution < -0.4 is 5.32 Å². The standard InChI is InChI=1S/C19H32N4O2S/c1-14(24)15-2-4-17(5-3-15)22-8-6-21(7-9-22)13-16-12-18(25)23-10-11-26-19(23)20-16/h15-17,19-20H,2-13H2,1H3. The van der Waals surface area contributed by atoms with Crippen molar-refractivity contribution in [2.24, 2.45) is 5.92 Å². The fraction of sp³-hybridized carbons (Fsp3) is 0.895. The number of Topliss-reactive ketones (excluding diaryl/α,β-unsaturated/α-hetero) is 1. The van der Waals surface area contributed by atoms with Crippen molar-refractivity contribution in [2.45, 2.75) is 56.6 Å². The normalized spacial score (nSPS) is 37.0. The number of nitrogens with zero attached hydrogens (tertiary/aromatic N) is 3. The molecule has 3 saturated heterocycles. The highest BCUT2D eigenvalue weighted by Gasteiger charge is 2.37. The molecule has 0 bridgehead atoms. The molecule has 4 aliphatic rings. The Balaban J connectivity index is 1.21. The van der Waals surface area contributed by atoms with E-state index in [1.807, 2.05) is 16.7 Å². The van der Waals surface area contributed by atoms with Gasteiger partial charge in [-0.3, -0.25) is 24.7 Å². The van der Waals surface area contributed by atoms with Crippen molar-refractivity contribution in [3.05, 3.63) is 0 Å². The van der Waals surface area contributed by atoms with Gasteiger partial charge in [-0.2, -0.15) is 0 Å². The molecule has 0 aromatic rings. The van der Waals surface area contributed by atoms with Gasteiger partial charge in [0.2, 0.25) is 5.91 Å².